The van der Waals surface area contributed by atoms with Gasteiger partial charge in [0, 0.05) is 19.2 Å². The van der Waals surface area contributed by atoms with E-state index in [-0.39, 0.29) is 6.61 Å². The van der Waals surface area contributed by atoms with Gasteiger partial charge in [-0.05, 0) is 20.3 Å². The Hall–Kier alpha value is -2.02. The highest BCUT2D eigenvalue weighted by Gasteiger charge is 2.17. The van der Waals surface area contributed by atoms with Crippen molar-refractivity contribution in [1.82, 2.24) is 19.6 Å². The summed E-state index contributed by atoms with van der Waals surface area (Å²) in [6, 6.07) is 0. The third kappa shape index (κ3) is 2.94. The van der Waals surface area contributed by atoms with Crippen molar-refractivity contribution in [3.05, 3.63) is 22.5 Å². The molecule has 0 aromatic carbocycles. The van der Waals surface area contributed by atoms with Crippen LogP contribution in [0.2, 0.25) is 0 Å². The van der Waals surface area contributed by atoms with Crippen LogP contribution in [0, 0.1) is 13.8 Å². The Morgan fingerprint density at radius 2 is 2.00 bits per heavy atom. The number of anilines is 1. The van der Waals surface area contributed by atoms with Crippen LogP contribution in [0.4, 0.5) is 5.82 Å². The van der Waals surface area contributed by atoms with E-state index in [1.807, 2.05) is 20.9 Å². The highest BCUT2D eigenvalue weighted by molar-refractivity contribution is 5.48. The Kier molecular flexibility index (Phi) is 5.07. The first-order valence-electron chi connectivity index (χ1n) is 7.50. The largest absolute Gasteiger partial charge is 0.481 e. The summed E-state index contributed by atoms with van der Waals surface area (Å²) < 4.78 is 9.03. The van der Waals surface area contributed by atoms with Crippen LogP contribution in [0.25, 0.3) is 0 Å². The molecule has 0 radical (unpaired) electrons. The molecule has 2 rings (SSSR count). The zero-order valence-corrected chi connectivity index (χ0v) is 14.0. The van der Waals surface area contributed by atoms with Crippen LogP contribution in [0.5, 0.6) is 5.88 Å². The smallest absolute Gasteiger partial charge is 0.216 e. The van der Waals surface area contributed by atoms with Crippen LogP contribution >= 0.6 is 0 Å². The predicted molar refractivity (Wildman–Crippen MR) is 85.3 cm³/mol. The molecule has 0 atom stereocenters. The SMILES string of the molecule is CCc1nn(C)c(OC)c1CNc1c(C)c(C)nn1CCO. The van der Waals surface area contributed by atoms with Crippen LogP contribution in [-0.4, -0.2) is 38.4 Å². The fourth-order valence-corrected chi connectivity index (χ4v) is 2.65. The number of nitrogens with one attached hydrogen (secondary N) is 1. The summed E-state index contributed by atoms with van der Waals surface area (Å²) in [6.45, 7) is 7.22. The fourth-order valence-electron chi connectivity index (χ4n) is 2.65. The van der Waals surface area contributed by atoms with Gasteiger partial charge in [0.1, 0.15) is 5.82 Å². The first-order valence-corrected chi connectivity index (χ1v) is 7.50. The molecule has 0 unspecified atom stereocenters. The molecule has 0 amide bonds. The van der Waals surface area contributed by atoms with Gasteiger partial charge in [-0.3, -0.25) is 0 Å². The number of aromatic nitrogens is 4. The van der Waals surface area contributed by atoms with E-state index in [9.17, 15) is 5.11 Å². The van der Waals surface area contributed by atoms with Gasteiger partial charge in [-0.25, -0.2) is 9.36 Å². The van der Waals surface area contributed by atoms with E-state index in [1.165, 1.54) is 0 Å². The number of ether oxygens (including phenoxy) is 1. The van der Waals surface area contributed by atoms with Gasteiger partial charge >= 0.3 is 0 Å². The molecular weight excluding hydrogens is 282 g/mol. The second-order valence-electron chi connectivity index (χ2n) is 5.27. The molecule has 2 N–H and O–H groups in total. The second kappa shape index (κ2) is 6.83. The minimum atomic E-state index is 0.0612. The zero-order chi connectivity index (χ0) is 16.3. The number of rotatable bonds is 7. The molecule has 22 heavy (non-hydrogen) atoms. The Bertz CT molecular complexity index is 645. The van der Waals surface area contributed by atoms with E-state index in [1.54, 1.807) is 16.5 Å². The molecule has 0 saturated heterocycles. The summed E-state index contributed by atoms with van der Waals surface area (Å²) in [7, 11) is 3.54. The number of hydrogen-bond donors (Lipinski definition) is 2. The molecule has 0 saturated carbocycles. The molecule has 0 spiro atoms. The van der Waals surface area contributed by atoms with Crippen molar-refractivity contribution in [2.24, 2.45) is 7.05 Å². The summed E-state index contributed by atoms with van der Waals surface area (Å²) in [5.74, 6) is 1.70. The van der Waals surface area contributed by atoms with Gasteiger partial charge in [-0.1, -0.05) is 6.92 Å². The van der Waals surface area contributed by atoms with Crippen molar-refractivity contribution in [2.45, 2.75) is 40.3 Å². The van der Waals surface area contributed by atoms with Crippen LogP contribution in [-0.2, 0) is 26.6 Å². The summed E-state index contributed by atoms with van der Waals surface area (Å²) in [4.78, 5) is 0. The van der Waals surface area contributed by atoms with Gasteiger partial charge in [0.15, 0.2) is 0 Å². The number of aliphatic hydroxyl groups excluding tert-OH is 1. The van der Waals surface area contributed by atoms with Gasteiger partial charge in [-0.15, -0.1) is 0 Å². The molecule has 2 aromatic rings. The topological polar surface area (TPSA) is 77.1 Å². The highest BCUT2D eigenvalue weighted by atomic mass is 16.5. The van der Waals surface area contributed by atoms with E-state index in [0.717, 1.165) is 40.6 Å². The fraction of sp³-hybridized carbons (Fsp3) is 0.600. The minimum absolute atomic E-state index is 0.0612. The summed E-state index contributed by atoms with van der Waals surface area (Å²) in [5, 5.41) is 21.5. The lowest BCUT2D eigenvalue weighted by molar-refractivity contribution is 0.270. The molecular formula is C15H25N5O2. The lowest BCUT2D eigenvalue weighted by Crippen LogP contribution is -2.11. The monoisotopic (exact) mass is 307 g/mol. The molecule has 7 heteroatoms. The lowest BCUT2D eigenvalue weighted by atomic mass is 10.2. The molecule has 122 valence electrons. The highest BCUT2D eigenvalue weighted by Crippen LogP contribution is 2.25. The average molecular weight is 307 g/mol. The summed E-state index contributed by atoms with van der Waals surface area (Å²) in [5.41, 5.74) is 4.13. The Morgan fingerprint density at radius 1 is 1.27 bits per heavy atom. The maximum absolute atomic E-state index is 9.18. The molecule has 0 fully saturated rings. The quantitative estimate of drug-likeness (QED) is 0.809. The summed E-state index contributed by atoms with van der Waals surface area (Å²) >= 11 is 0. The number of aryl methyl sites for hydroxylation is 3. The van der Waals surface area contributed by atoms with Crippen molar-refractivity contribution in [2.75, 3.05) is 19.0 Å². The lowest BCUT2D eigenvalue weighted by Gasteiger charge is -2.11. The maximum atomic E-state index is 9.18. The Labute approximate surface area is 130 Å². The molecule has 2 heterocycles. The normalized spacial score (nSPS) is 11.0. The van der Waals surface area contributed by atoms with Gasteiger partial charge in [0.25, 0.3) is 0 Å². The van der Waals surface area contributed by atoms with Crippen molar-refractivity contribution in [1.29, 1.82) is 0 Å². The maximum Gasteiger partial charge on any atom is 0.216 e. The van der Waals surface area contributed by atoms with Crippen molar-refractivity contribution >= 4 is 5.82 Å². The van der Waals surface area contributed by atoms with Crippen LogP contribution in [0.15, 0.2) is 0 Å². The van der Waals surface area contributed by atoms with Crippen LogP contribution in [0.3, 0.4) is 0 Å². The molecule has 0 aliphatic carbocycles. The van der Waals surface area contributed by atoms with Gasteiger partial charge in [0.05, 0.1) is 37.2 Å². The summed E-state index contributed by atoms with van der Waals surface area (Å²) in [6.07, 6.45) is 0.849. The number of aliphatic hydroxyl groups is 1. The first kappa shape index (κ1) is 16.4. The number of nitrogens with zero attached hydrogens (tertiary/aromatic N) is 4. The average Bonchev–Trinajstić information content (AvgIpc) is 2.95. The molecule has 0 bridgehead atoms. The van der Waals surface area contributed by atoms with Gasteiger partial charge in [-0.2, -0.15) is 10.2 Å². The van der Waals surface area contributed by atoms with Crippen molar-refractivity contribution in [3.8, 4) is 5.88 Å². The van der Waals surface area contributed by atoms with Gasteiger partial charge in [0.2, 0.25) is 5.88 Å². The third-order valence-corrected chi connectivity index (χ3v) is 3.87. The second-order valence-corrected chi connectivity index (χ2v) is 5.27. The Balaban J connectivity index is 2.27. The van der Waals surface area contributed by atoms with Crippen LogP contribution < -0.4 is 10.1 Å². The molecule has 7 nitrogen and oxygen atoms in total. The standard InChI is InChI=1S/C15H25N5O2/c1-6-13-12(15(22-5)19(4)18-13)9-16-14-10(2)11(3)17-20(14)7-8-21/h16,21H,6-9H2,1-5H3. The molecule has 0 aliphatic rings. The van der Waals surface area contributed by atoms with E-state index in [2.05, 4.69) is 22.4 Å². The molecule has 2 aromatic heterocycles. The van der Waals surface area contributed by atoms with Crippen LogP contribution in [0.1, 0.15) is 29.4 Å². The van der Waals surface area contributed by atoms with E-state index in [4.69, 9.17) is 4.74 Å². The van der Waals surface area contributed by atoms with E-state index >= 15 is 0 Å². The van der Waals surface area contributed by atoms with Gasteiger partial charge < -0.3 is 15.2 Å². The minimum Gasteiger partial charge on any atom is -0.481 e. The number of methoxy groups -OCH3 is 1. The van der Waals surface area contributed by atoms with E-state index in [0.29, 0.717) is 13.1 Å². The predicted octanol–water partition coefficient (Wildman–Crippen LogP) is 1.41. The van der Waals surface area contributed by atoms with Crippen molar-refractivity contribution < 1.29 is 9.84 Å². The first-order chi connectivity index (χ1) is 10.5. The zero-order valence-electron chi connectivity index (χ0n) is 14.0. The number of hydrogen-bond acceptors (Lipinski definition) is 5. The third-order valence-electron chi connectivity index (χ3n) is 3.87. The van der Waals surface area contributed by atoms with Crippen molar-refractivity contribution in [3.63, 3.8) is 0 Å². The Morgan fingerprint density at radius 3 is 2.59 bits per heavy atom. The van der Waals surface area contributed by atoms with E-state index < -0.39 is 0 Å². The molecule has 0 aliphatic heterocycles.